The fourth-order valence-corrected chi connectivity index (χ4v) is 2.33. The second kappa shape index (κ2) is 12.3. The van der Waals surface area contributed by atoms with Crippen molar-refractivity contribution in [3.05, 3.63) is 59.3 Å². The van der Waals surface area contributed by atoms with Crippen LogP contribution in [0.1, 0.15) is 30.0 Å². The number of aromatic nitrogens is 1. The van der Waals surface area contributed by atoms with Gasteiger partial charge in [0.25, 0.3) is 0 Å². The first-order valence-electron chi connectivity index (χ1n) is 8.87. The van der Waals surface area contributed by atoms with Crippen LogP contribution in [0.4, 0.5) is 5.82 Å². The summed E-state index contributed by atoms with van der Waals surface area (Å²) < 4.78 is 0. The molecular formula is C20H28IN5O. The van der Waals surface area contributed by atoms with E-state index in [0.717, 1.165) is 12.1 Å². The van der Waals surface area contributed by atoms with Crippen LogP contribution in [0.5, 0.6) is 0 Å². The minimum Gasteiger partial charge on any atom is -0.357 e. The van der Waals surface area contributed by atoms with Crippen LogP contribution in [0.15, 0.2) is 47.6 Å². The van der Waals surface area contributed by atoms with Gasteiger partial charge in [0.15, 0.2) is 5.96 Å². The molecule has 146 valence electrons. The number of pyridine rings is 1. The lowest BCUT2D eigenvalue weighted by atomic mass is 10.1. The molecule has 0 bridgehead atoms. The van der Waals surface area contributed by atoms with Crippen molar-refractivity contribution >= 4 is 41.7 Å². The molecule has 0 fully saturated rings. The van der Waals surface area contributed by atoms with Gasteiger partial charge in [-0.15, -0.1) is 24.0 Å². The van der Waals surface area contributed by atoms with Gasteiger partial charge in [0.1, 0.15) is 5.82 Å². The number of aliphatic imine (C=N–C) groups is 1. The summed E-state index contributed by atoms with van der Waals surface area (Å²) in [6.45, 7) is 7.91. The molecule has 1 heterocycles. The third kappa shape index (κ3) is 8.38. The number of hydrogen-bond acceptors (Lipinski definition) is 3. The zero-order chi connectivity index (χ0) is 18.8. The van der Waals surface area contributed by atoms with Gasteiger partial charge in [-0.2, -0.15) is 0 Å². The van der Waals surface area contributed by atoms with E-state index in [-0.39, 0.29) is 29.9 Å². The van der Waals surface area contributed by atoms with Crippen molar-refractivity contribution in [3.8, 4) is 0 Å². The van der Waals surface area contributed by atoms with Crippen molar-refractivity contribution < 1.29 is 4.79 Å². The first-order valence-corrected chi connectivity index (χ1v) is 8.87. The smallest absolute Gasteiger partial charge is 0.227 e. The van der Waals surface area contributed by atoms with E-state index in [1.54, 1.807) is 12.3 Å². The highest BCUT2D eigenvalue weighted by Crippen LogP contribution is 2.08. The van der Waals surface area contributed by atoms with Crippen LogP contribution in [-0.4, -0.2) is 29.9 Å². The van der Waals surface area contributed by atoms with E-state index >= 15 is 0 Å². The molecule has 0 saturated heterocycles. The number of nitrogens with zero attached hydrogens (tertiary/aromatic N) is 2. The van der Waals surface area contributed by atoms with E-state index in [0.29, 0.717) is 31.3 Å². The summed E-state index contributed by atoms with van der Waals surface area (Å²) in [5.74, 6) is 1.20. The van der Waals surface area contributed by atoms with E-state index in [1.807, 2.05) is 32.0 Å². The molecule has 0 unspecified atom stereocenters. The van der Waals surface area contributed by atoms with E-state index in [1.165, 1.54) is 11.1 Å². The molecular weight excluding hydrogens is 453 g/mol. The molecule has 0 aliphatic heterocycles. The van der Waals surface area contributed by atoms with Crippen molar-refractivity contribution in [1.82, 2.24) is 15.6 Å². The van der Waals surface area contributed by atoms with E-state index < -0.39 is 0 Å². The van der Waals surface area contributed by atoms with Gasteiger partial charge in [-0.25, -0.2) is 9.98 Å². The Hall–Kier alpha value is -2.16. The Balaban J connectivity index is 0.00000364. The number of carbonyl (C=O) groups is 1. The number of guanidine groups is 1. The minimum absolute atomic E-state index is 0. The minimum atomic E-state index is -0.0800. The monoisotopic (exact) mass is 481 g/mol. The lowest BCUT2D eigenvalue weighted by Gasteiger charge is -2.12. The van der Waals surface area contributed by atoms with E-state index in [4.69, 9.17) is 0 Å². The summed E-state index contributed by atoms with van der Waals surface area (Å²) in [7, 11) is 0. The molecule has 1 aromatic carbocycles. The molecule has 0 saturated carbocycles. The summed E-state index contributed by atoms with van der Waals surface area (Å²) in [5.41, 5.74) is 3.47. The second-order valence-electron chi connectivity index (χ2n) is 6.07. The van der Waals surface area contributed by atoms with Crippen molar-refractivity contribution in [2.24, 2.45) is 4.99 Å². The van der Waals surface area contributed by atoms with Crippen LogP contribution in [0, 0.1) is 13.8 Å². The Morgan fingerprint density at radius 3 is 2.56 bits per heavy atom. The predicted molar refractivity (Wildman–Crippen MR) is 122 cm³/mol. The Labute approximate surface area is 178 Å². The zero-order valence-corrected chi connectivity index (χ0v) is 18.4. The molecule has 0 aliphatic carbocycles. The van der Waals surface area contributed by atoms with E-state index in [2.05, 4.69) is 45.0 Å². The SMILES string of the molecule is CCNC(=NCc1ccccc1C)NCCC(=O)Nc1ccc(C)cn1.I. The average Bonchev–Trinajstić information content (AvgIpc) is 2.63. The number of halogens is 1. The van der Waals surface area contributed by atoms with Gasteiger partial charge in [0, 0.05) is 25.7 Å². The number of amides is 1. The number of anilines is 1. The molecule has 2 aromatic rings. The van der Waals surface area contributed by atoms with Crippen molar-refractivity contribution in [3.63, 3.8) is 0 Å². The molecule has 7 heteroatoms. The topological polar surface area (TPSA) is 78.4 Å². The van der Waals surface area contributed by atoms with Crippen molar-refractivity contribution in [2.75, 3.05) is 18.4 Å². The maximum Gasteiger partial charge on any atom is 0.227 e. The Morgan fingerprint density at radius 2 is 1.89 bits per heavy atom. The van der Waals surface area contributed by atoms with Crippen LogP contribution in [-0.2, 0) is 11.3 Å². The molecule has 27 heavy (non-hydrogen) atoms. The van der Waals surface area contributed by atoms with E-state index in [9.17, 15) is 4.79 Å². The predicted octanol–water partition coefficient (Wildman–Crippen LogP) is 3.40. The van der Waals surface area contributed by atoms with Gasteiger partial charge in [0.2, 0.25) is 5.91 Å². The summed E-state index contributed by atoms with van der Waals surface area (Å²) in [6.07, 6.45) is 2.07. The average molecular weight is 481 g/mol. The fourth-order valence-electron chi connectivity index (χ4n) is 2.33. The summed E-state index contributed by atoms with van der Waals surface area (Å²) in [6, 6.07) is 11.9. The highest BCUT2D eigenvalue weighted by molar-refractivity contribution is 14.0. The van der Waals surface area contributed by atoms with Gasteiger partial charge >= 0.3 is 0 Å². The third-order valence-electron chi connectivity index (χ3n) is 3.84. The summed E-state index contributed by atoms with van der Waals surface area (Å²) >= 11 is 0. The van der Waals surface area contributed by atoms with Crippen molar-refractivity contribution in [2.45, 2.75) is 33.7 Å². The first-order chi connectivity index (χ1) is 12.6. The van der Waals surface area contributed by atoms with Gasteiger partial charge in [-0.3, -0.25) is 4.79 Å². The largest absolute Gasteiger partial charge is 0.357 e. The lowest BCUT2D eigenvalue weighted by molar-refractivity contribution is -0.116. The fraction of sp³-hybridized carbons (Fsp3) is 0.350. The van der Waals surface area contributed by atoms with Crippen LogP contribution in [0.2, 0.25) is 0 Å². The highest BCUT2D eigenvalue weighted by Gasteiger charge is 2.04. The third-order valence-corrected chi connectivity index (χ3v) is 3.84. The quantitative estimate of drug-likeness (QED) is 0.322. The number of carbonyl (C=O) groups excluding carboxylic acids is 1. The molecule has 3 N–H and O–H groups in total. The zero-order valence-electron chi connectivity index (χ0n) is 16.1. The number of benzene rings is 1. The summed E-state index contributed by atoms with van der Waals surface area (Å²) in [5, 5.41) is 9.18. The van der Waals surface area contributed by atoms with Gasteiger partial charge in [-0.05, 0) is 43.5 Å². The first kappa shape index (κ1) is 22.9. The molecule has 0 spiro atoms. The van der Waals surface area contributed by atoms with Crippen LogP contribution >= 0.6 is 24.0 Å². The second-order valence-corrected chi connectivity index (χ2v) is 6.07. The summed E-state index contributed by atoms with van der Waals surface area (Å²) in [4.78, 5) is 20.8. The number of rotatable bonds is 7. The van der Waals surface area contributed by atoms with Crippen molar-refractivity contribution in [1.29, 1.82) is 0 Å². The Morgan fingerprint density at radius 1 is 1.11 bits per heavy atom. The Bertz CT molecular complexity index is 746. The van der Waals surface area contributed by atoms with Crippen LogP contribution in [0.3, 0.4) is 0 Å². The van der Waals surface area contributed by atoms with Gasteiger partial charge in [0.05, 0.1) is 6.54 Å². The molecule has 2 rings (SSSR count). The molecule has 0 aliphatic rings. The normalized spacial score (nSPS) is 10.7. The maximum absolute atomic E-state index is 12.0. The molecule has 1 aromatic heterocycles. The number of hydrogen-bond donors (Lipinski definition) is 3. The number of aryl methyl sites for hydroxylation is 2. The standard InChI is InChI=1S/C20H27N5O.HI/c1-4-21-20(24-14-17-8-6-5-7-16(17)3)22-12-11-19(26)25-18-10-9-15(2)13-23-18;/h5-10,13H,4,11-12,14H2,1-3H3,(H2,21,22,24)(H,23,25,26);1H. The number of nitrogens with one attached hydrogen (secondary N) is 3. The van der Waals surface area contributed by atoms with Gasteiger partial charge < -0.3 is 16.0 Å². The Kier molecular flexibility index (Phi) is 10.4. The van der Waals surface area contributed by atoms with Gasteiger partial charge in [-0.1, -0.05) is 30.3 Å². The van der Waals surface area contributed by atoms with Crippen LogP contribution < -0.4 is 16.0 Å². The lowest BCUT2D eigenvalue weighted by Crippen LogP contribution is -2.38. The van der Waals surface area contributed by atoms with Crippen LogP contribution in [0.25, 0.3) is 0 Å². The molecule has 6 nitrogen and oxygen atoms in total. The molecule has 1 amide bonds. The highest BCUT2D eigenvalue weighted by atomic mass is 127. The molecule has 0 radical (unpaired) electrons. The molecule has 0 atom stereocenters. The maximum atomic E-state index is 12.0.